The average Bonchev–Trinajstić information content (AvgIpc) is 3.39. The molecule has 5 rings (SSSR count). The average molecular weight is 421 g/mol. The third kappa shape index (κ3) is 3.74. The maximum atomic E-state index is 13.2. The number of rotatable bonds is 3. The van der Waals surface area contributed by atoms with Crippen LogP contribution >= 0.6 is 0 Å². The smallest absolute Gasteiger partial charge is 0.274 e. The number of aromatic nitrogens is 5. The van der Waals surface area contributed by atoms with Crippen molar-refractivity contribution in [1.82, 2.24) is 29.7 Å². The van der Waals surface area contributed by atoms with E-state index in [9.17, 15) is 4.79 Å². The number of carbonyl (C=O) groups excluding carboxylic acids is 1. The van der Waals surface area contributed by atoms with Gasteiger partial charge in [0.1, 0.15) is 5.82 Å². The number of likely N-dealkylation sites (tertiary alicyclic amines) is 1. The number of piperidine rings is 1. The van der Waals surface area contributed by atoms with Crippen molar-refractivity contribution in [3.05, 3.63) is 47.0 Å². The van der Waals surface area contributed by atoms with Gasteiger partial charge in [0.25, 0.3) is 5.91 Å². The molecule has 3 aromatic heterocycles. The molecule has 1 amide bonds. The summed E-state index contributed by atoms with van der Waals surface area (Å²) >= 11 is 0. The van der Waals surface area contributed by atoms with Gasteiger partial charge in [-0.2, -0.15) is 10.2 Å². The van der Waals surface area contributed by atoms with Gasteiger partial charge in [-0.25, -0.2) is 9.50 Å². The molecule has 0 spiro atoms. The minimum Gasteiger partial charge on any atom is -0.355 e. The number of fused-ring (bicyclic) bond motifs is 1. The van der Waals surface area contributed by atoms with Crippen LogP contribution in [0.2, 0.25) is 0 Å². The summed E-state index contributed by atoms with van der Waals surface area (Å²) in [5, 5.41) is 13.0. The van der Waals surface area contributed by atoms with E-state index >= 15 is 0 Å². The molecule has 0 aromatic carbocycles. The third-order valence-electron chi connectivity index (χ3n) is 6.27. The lowest BCUT2D eigenvalue weighted by Gasteiger charge is -2.34. The summed E-state index contributed by atoms with van der Waals surface area (Å²) in [5.74, 6) is 0.878. The Labute approximate surface area is 181 Å². The molecule has 5 heterocycles. The summed E-state index contributed by atoms with van der Waals surface area (Å²) in [4.78, 5) is 22.2. The van der Waals surface area contributed by atoms with E-state index < -0.39 is 0 Å². The highest BCUT2D eigenvalue weighted by molar-refractivity contribution is 5.92. The van der Waals surface area contributed by atoms with Gasteiger partial charge in [-0.15, -0.1) is 5.10 Å². The highest BCUT2D eigenvalue weighted by Crippen LogP contribution is 2.32. The Bertz CT molecular complexity index is 1110. The predicted octanol–water partition coefficient (Wildman–Crippen LogP) is 2.04. The molecule has 3 aromatic rings. The van der Waals surface area contributed by atoms with Crippen molar-refractivity contribution >= 4 is 17.4 Å². The van der Waals surface area contributed by atoms with Gasteiger partial charge in [0, 0.05) is 43.5 Å². The largest absolute Gasteiger partial charge is 0.355 e. The first-order chi connectivity index (χ1) is 15.0. The summed E-state index contributed by atoms with van der Waals surface area (Å²) in [5.41, 5.74) is 10.0. The highest BCUT2D eigenvalue weighted by atomic mass is 16.2. The monoisotopic (exact) mass is 420 g/mol. The highest BCUT2D eigenvalue weighted by Gasteiger charge is 2.32. The number of carbonyl (C=O) groups is 1. The second kappa shape index (κ2) is 7.88. The number of amides is 1. The summed E-state index contributed by atoms with van der Waals surface area (Å²) in [6.07, 6.45) is 5.92. The number of nitrogens with two attached hydrogens (primary N) is 1. The predicted molar refractivity (Wildman–Crippen MR) is 117 cm³/mol. The molecule has 0 radical (unpaired) electrons. The van der Waals surface area contributed by atoms with Crippen molar-refractivity contribution in [2.45, 2.75) is 51.6 Å². The van der Waals surface area contributed by atoms with Gasteiger partial charge >= 0.3 is 0 Å². The lowest BCUT2D eigenvalue weighted by atomic mass is 9.99. The normalized spacial score (nSPS) is 21.8. The van der Waals surface area contributed by atoms with Crippen molar-refractivity contribution in [2.24, 2.45) is 5.73 Å². The minimum absolute atomic E-state index is 0.0879. The van der Waals surface area contributed by atoms with Crippen molar-refractivity contribution in [3.63, 3.8) is 0 Å². The molecule has 0 aliphatic carbocycles. The maximum absolute atomic E-state index is 13.2. The molecule has 2 aliphatic rings. The number of anilines is 1. The molecule has 0 unspecified atom stereocenters. The second-order valence-corrected chi connectivity index (χ2v) is 8.68. The first-order valence-corrected chi connectivity index (χ1v) is 11.0. The molecule has 9 nitrogen and oxygen atoms in total. The fraction of sp³-hybridized carbons (Fsp3) is 0.500. The topological polar surface area (TPSA) is 106 Å². The van der Waals surface area contributed by atoms with E-state index in [0.717, 1.165) is 67.2 Å². The molecule has 2 aliphatic heterocycles. The molecule has 0 bridgehead atoms. The zero-order valence-electron chi connectivity index (χ0n) is 18.0. The lowest BCUT2D eigenvalue weighted by molar-refractivity contribution is 0.0598. The first-order valence-electron chi connectivity index (χ1n) is 11.0. The van der Waals surface area contributed by atoms with Gasteiger partial charge in [-0.05, 0) is 51.7 Å². The van der Waals surface area contributed by atoms with Crippen LogP contribution in [0.4, 0.5) is 5.82 Å². The maximum Gasteiger partial charge on any atom is 0.274 e. The number of nitrogens with zero attached hydrogens (tertiary/aromatic N) is 7. The van der Waals surface area contributed by atoms with E-state index in [4.69, 9.17) is 15.8 Å². The van der Waals surface area contributed by atoms with E-state index in [1.807, 2.05) is 34.7 Å². The van der Waals surface area contributed by atoms with Crippen LogP contribution in [0.15, 0.2) is 24.4 Å². The van der Waals surface area contributed by atoms with Crippen LogP contribution in [0.3, 0.4) is 0 Å². The van der Waals surface area contributed by atoms with E-state index in [1.54, 1.807) is 6.07 Å². The van der Waals surface area contributed by atoms with Gasteiger partial charge in [0.05, 0.1) is 17.4 Å². The molecule has 9 heteroatoms. The number of aryl methyl sites for hydroxylation is 2. The molecular weight excluding hydrogens is 392 g/mol. The van der Waals surface area contributed by atoms with Gasteiger partial charge in [-0.3, -0.25) is 4.79 Å². The Kier molecular flexibility index (Phi) is 5.05. The van der Waals surface area contributed by atoms with Crippen LogP contribution in [0.5, 0.6) is 0 Å². The van der Waals surface area contributed by atoms with Gasteiger partial charge in [0.2, 0.25) is 0 Å². The zero-order valence-corrected chi connectivity index (χ0v) is 18.0. The van der Waals surface area contributed by atoms with E-state index in [0.29, 0.717) is 12.2 Å². The molecule has 2 fully saturated rings. The summed E-state index contributed by atoms with van der Waals surface area (Å²) in [6, 6.07) is 5.69. The standard InChI is InChI=1S/C22H28N8O/c1-14-12-30-20(24-21(14)28-10-8-16(23)13-28)11-18(27-30)19-5-3-4-9-29(19)22(31)17-7-6-15(2)25-26-17/h6-7,11-12,16,19H,3-5,8-10,13,23H2,1-2H3/t16-,19-/m0/s1. The quantitative estimate of drug-likeness (QED) is 0.691. The number of hydrogen-bond donors (Lipinski definition) is 1. The summed E-state index contributed by atoms with van der Waals surface area (Å²) in [7, 11) is 0. The Balaban J connectivity index is 1.46. The van der Waals surface area contributed by atoms with Crippen molar-refractivity contribution in [2.75, 3.05) is 24.5 Å². The lowest BCUT2D eigenvalue weighted by Crippen LogP contribution is -2.39. The molecule has 2 saturated heterocycles. The van der Waals surface area contributed by atoms with Crippen LogP contribution in [0.1, 0.15) is 59.2 Å². The van der Waals surface area contributed by atoms with Crippen molar-refractivity contribution in [3.8, 4) is 0 Å². The fourth-order valence-corrected chi connectivity index (χ4v) is 4.62. The molecule has 162 valence electrons. The first kappa shape index (κ1) is 19.9. The van der Waals surface area contributed by atoms with Crippen molar-refractivity contribution < 1.29 is 4.79 Å². The Morgan fingerprint density at radius 3 is 2.74 bits per heavy atom. The van der Waals surface area contributed by atoms with Crippen LogP contribution in [0, 0.1) is 13.8 Å². The molecule has 0 saturated carbocycles. The third-order valence-corrected chi connectivity index (χ3v) is 6.27. The van der Waals surface area contributed by atoms with Crippen LogP contribution in [-0.4, -0.2) is 61.3 Å². The second-order valence-electron chi connectivity index (χ2n) is 8.68. The molecular formula is C22H28N8O. The summed E-state index contributed by atoms with van der Waals surface area (Å²) < 4.78 is 1.83. The Morgan fingerprint density at radius 1 is 1.13 bits per heavy atom. The molecule has 2 N–H and O–H groups in total. The molecule has 31 heavy (non-hydrogen) atoms. The van der Waals surface area contributed by atoms with Gasteiger partial charge in [-0.1, -0.05) is 0 Å². The Hall–Kier alpha value is -3.07. The zero-order chi connectivity index (χ0) is 21.5. The minimum atomic E-state index is -0.0925. The van der Waals surface area contributed by atoms with Crippen LogP contribution < -0.4 is 10.6 Å². The van der Waals surface area contributed by atoms with Gasteiger partial charge < -0.3 is 15.5 Å². The van der Waals surface area contributed by atoms with Crippen LogP contribution in [0.25, 0.3) is 5.65 Å². The summed E-state index contributed by atoms with van der Waals surface area (Å²) in [6.45, 7) is 6.36. The Morgan fingerprint density at radius 2 is 2.00 bits per heavy atom. The SMILES string of the molecule is Cc1ccc(C(=O)N2CCCC[C@H]2c2cc3nc(N4CC[C@H](N)C4)c(C)cn3n2)nn1. The number of hydrogen-bond acceptors (Lipinski definition) is 7. The van der Waals surface area contributed by atoms with Crippen molar-refractivity contribution in [1.29, 1.82) is 0 Å². The van der Waals surface area contributed by atoms with Gasteiger partial charge in [0.15, 0.2) is 11.3 Å². The van der Waals surface area contributed by atoms with E-state index in [-0.39, 0.29) is 18.0 Å². The van der Waals surface area contributed by atoms with Crippen LogP contribution in [-0.2, 0) is 0 Å². The van der Waals surface area contributed by atoms with E-state index in [2.05, 4.69) is 22.0 Å². The fourth-order valence-electron chi connectivity index (χ4n) is 4.62. The van der Waals surface area contributed by atoms with E-state index in [1.165, 1.54) is 0 Å². The molecule has 2 atom stereocenters.